The molecule has 0 heterocycles. The molecule has 98 valence electrons. The molecule has 1 unspecified atom stereocenters. The second-order valence-corrected chi connectivity index (χ2v) is 5.80. The number of amides is 1. The summed E-state index contributed by atoms with van der Waals surface area (Å²) >= 11 is 8.33. The topological polar surface area (TPSA) is 46.3 Å². The van der Waals surface area contributed by atoms with E-state index in [9.17, 15) is 4.79 Å². The van der Waals surface area contributed by atoms with E-state index in [-0.39, 0.29) is 11.8 Å². The van der Waals surface area contributed by atoms with Crippen molar-refractivity contribution in [3.05, 3.63) is 33.8 Å². The normalized spacial score (nSPS) is 12.0. The maximum Gasteiger partial charge on any atom is 0.254 e. The van der Waals surface area contributed by atoms with E-state index in [1.807, 2.05) is 32.0 Å². The molecule has 3 nitrogen and oxygen atoms in total. The van der Waals surface area contributed by atoms with Gasteiger partial charge in [-0.2, -0.15) is 0 Å². The second-order valence-electron chi connectivity index (χ2n) is 4.47. The number of aryl methyl sites for hydroxylation is 1. The lowest BCUT2D eigenvalue weighted by molar-refractivity contribution is 0.0786. The molecule has 0 radical (unpaired) electrons. The fourth-order valence-corrected chi connectivity index (χ4v) is 2.32. The van der Waals surface area contributed by atoms with Crippen LogP contribution in [0.1, 0.15) is 22.8 Å². The highest BCUT2D eigenvalue weighted by Crippen LogP contribution is 2.20. The lowest BCUT2D eigenvalue weighted by Gasteiger charge is -2.21. The average Bonchev–Trinajstić information content (AvgIpc) is 2.27. The molecular formula is C13H17BrN2OS. The van der Waals surface area contributed by atoms with Crippen molar-refractivity contribution < 1.29 is 4.79 Å². The molecule has 0 spiro atoms. The van der Waals surface area contributed by atoms with Gasteiger partial charge in [-0.1, -0.05) is 25.2 Å². The molecule has 0 aliphatic rings. The molecule has 0 saturated heterocycles. The van der Waals surface area contributed by atoms with Gasteiger partial charge in [0, 0.05) is 24.0 Å². The molecule has 2 N–H and O–H groups in total. The van der Waals surface area contributed by atoms with Crippen LogP contribution in [0.2, 0.25) is 0 Å². The van der Waals surface area contributed by atoms with Crippen LogP contribution in [0.5, 0.6) is 0 Å². The summed E-state index contributed by atoms with van der Waals surface area (Å²) < 4.78 is 0.808. The Kier molecular flexibility index (Phi) is 5.28. The van der Waals surface area contributed by atoms with Crippen LogP contribution in [0.15, 0.2) is 22.7 Å². The number of thiocarbonyl (C=S) groups is 1. The summed E-state index contributed by atoms with van der Waals surface area (Å²) in [5, 5.41) is 0. The maximum absolute atomic E-state index is 12.2. The molecule has 1 aromatic rings. The number of carbonyl (C=O) groups is 1. The minimum Gasteiger partial charge on any atom is -0.393 e. The van der Waals surface area contributed by atoms with Crippen LogP contribution in [-0.2, 0) is 0 Å². The van der Waals surface area contributed by atoms with E-state index < -0.39 is 0 Å². The van der Waals surface area contributed by atoms with Gasteiger partial charge in [0.15, 0.2) is 0 Å². The van der Waals surface area contributed by atoms with Crippen LogP contribution in [0.4, 0.5) is 0 Å². The summed E-state index contributed by atoms with van der Waals surface area (Å²) in [7, 11) is 1.75. The number of carbonyl (C=O) groups excluding carboxylic acids is 1. The van der Waals surface area contributed by atoms with Crippen molar-refractivity contribution in [2.75, 3.05) is 13.6 Å². The summed E-state index contributed by atoms with van der Waals surface area (Å²) in [5.41, 5.74) is 7.32. The summed E-state index contributed by atoms with van der Waals surface area (Å²) in [5.74, 6) is -0.0249. The third-order valence-corrected chi connectivity index (χ3v) is 3.79. The van der Waals surface area contributed by atoms with Crippen LogP contribution >= 0.6 is 28.1 Å². The largest absolute Gasteiger partial charge is 0.393 e. The Morgan fingerprint density at radius 1 is 1.56 bits per heavy atom. The third kappa shape index (κ3) is 3.78. The molecule has 1 atom stereocenters. The van der Waals surface area contributed by atoms with Gasteiger partial charge in [0.05, 0.1) is 10.6 Å². The molecule has 1 rings (SSSR count). The zero-order valence-corrected chi connectivity index (χ0v) is 13.1. The minimum absolute atomic E-state index is 0.0122. The first kappa shape index (κ1) is 15.1. The van der Waals surface area contributed by atoms with Gasteiger partial charge >= 0.3 is 0 Å². The summed E-state index contributed by atoms with van der Waals surface area (Å²) in [6.45, 7) is 4.42. The summed E-state index contributed by atoms with van der Waals surface area (Å²) in [4.78, 5) is 14.3. The molecule has 0 bridgehead atoms. The van der Waals surface area contributed by atoms with E-state index in [1.54, 1.807) is 11.9 Å². The molecular weight excluding hydrogens is 312 g/mol. The molecule has 1 aromatic carbocycles. The Bertz CT molecular complexity index is 476. The van der Waals surface area contributed by atoms with Crippen molar-refractivity contribution in [3.8, 4) is 0 Å². The van der Waals surface area contributed by atoms with Crippen LogP contribution in [0, 0.1) is 12.8 Å². The average molecular weight is 329 g/mol. The van der Waals surface area contributed by atoms with Gasteiger partial charge in [0.1, 0.15) is 0 Å². The number of nitrogens with zero attached hydrogens (tertiary/aromatic N) is 1. The highest BCUT2D eigenvalue weighted by atomic mass is 79.9. The fraction of sp³-hybridized carbons (Fsp3) is 0.385. The Morgan fingerprint density at radius 2 is 2.17 bits per heavy atom. The lowest BCUT2D eigenvalue weighted by atomic mass is 10.1. The maximum atomic E-state index is 12.2. The van der Waals surface area contributed by atoms with E-state index in [4.69, 9.17) is 18.0 Å². The van der Waals surface area contributed by atoms with Crippen molar-refractivity contribution in [3.63, 3.8) is 0 Å². The van der Waals surface area contributed by atoms with Crippen molar-refractivity contribution >= 4 is 39.0 Å². The summed E-state index contributed by atoms with van der Waals surface area (Å²) in [6, 6.07) is 5.67. The van der Waals surface area contributed by atoms with Gasteiger partial charge in [-0.25, -0.2) is 0 Å². The molecule has 0 aromatic heterocycles. The van der Waals surface area contributed by atoms with Crippen molar-refractivity contribution in [1.82, 2.24) is 4.90 Å². The zero-order chi connectivity index (χ0) is 13.9. The van der Waals surface area contributed by atoms with E-state index >= 15 is 0 Å². The molecule has 0 fully saturated rings. The van der Waals surface area contributed by atoms with Crippen molar-refractivity contribution in [2.45, 2.75) is 13.8 Å². The number of hydrogen-bond donors (Lipinski definition) is 1. The fourth-order valence-electron chi connectivity index (χ4n) is 1.58. The quantitative estimate of drug-likeness (QED) is 0.864. The van der Waals surface area contributed by atoms with Crippen LogP contribution in [0.25, 0.3) is 0 Å². The number of halogens is 1. The number of hydrogen-bond acceptors (Lipinski definition) is 2. The lowest BCUT2D eigenvalue weighted by Crippen LogP contribution is -2.35. The SMILES string of the molecule is Cc1ccc(C(=O)N(C)CC(C)C(N)=S)c(Br)c1. The predicted molar refractivity (Wildman–Crippen MR) is 81.8 cm³/mol. The van der Waals surface area contributed by atoms with Gasteiger partial charge in [0.25, 0.3) is 5.91 Å². The second kappa shape index (κ2) is 6.29. The molecule has 0 aliphatic carbocycles. The Balaban J connectivity index is 2.83. The van der Waals surface area contributed by atoms with E-state index in [2.05, 4.69) is 15.9 Å². The Hall–Kier alpha value is -0.940. The molecule has 0 saturated carbocycles. The van der Waals surface area contributed by atoms with E-state index in [0.29, 0.717) is 17.1 Å². The number of benzene rings is 1. The highest BCUT2D eigenvalue weighted by Gasteiger charge is 2.17. The zero-order valence-electron chi connectivity index (χ0n) is 10.7. The smallest absolute Gasteiger partial charge is 0.254 e. The van der Waals surface area contributed by atoms with Crippen molar-refractivity contribution in [2.24, 2.45) is 11.7 Å². The molecule has 1 amide bonds. The van der Waals surface area contributed by atoms with Crippen LogP contribution in [0.3, 0.4) is 0 Å². The first-order valence-corrected chi connectivity index (χ1v) is 6.84. The highest BCUT2D eigenvalue weighted by molar-refractivity contribution is 9.10. The Labute approximate surface area is 121 Å². The minimum atomic E-state index is -0.0371. The predicted octanol–water partition coefficient (Wildman–Crippen LogP) is 2.75. The molecule has 18 heavy (non-hydrogen) atoms. The first-order chi connectivity index (χ1) is 8.32. The number of nitrogens with two attached hydrogens (primary N) is 1. The summed E-state index contributed by atoms with van der Waals surface area (Å²) in [6.07, 6.45) is 0. The molecule has 0 aliphatic heterocycles. The van der Waals surface area contributed by atoms with Gasteiger partial charge in [-0.3, -0.25) is 4.79 Å². The number of rotatable bonds is 4. The first-order valence-electron chi connectivity index (χ1n) is 5.64. The van der Waals surface area contributed by atoms with Gasteiger partial charge in [-0.05, 0) is 40.5 Å². The van der Waals surface area contributed by atoms with E-state index in [1.165, 1.54) is 0 Å². The molecule has 5 heteroatoms. The standard InChI is InChI=1S/C13H17BrN2OS/c1-8-4-5-10(11(14)6-8)13(17)16(3)7-9(2)12(15)18/h4-6,9H,7H2,1-3H3,(H2,15,18). The van der Waals surface area contributed by atoms with Crippen LogP contribution < -0.4 is 5.73 Å². The Morgan fingerprint density at radius 3 is 2.67 bits per heavy atom. The van der Waals surface area contributed by atoms with E-state index in [0.717, 1.165) is 10.0 Å². The van der Waals surface area contributed by atoms with Gasteiger partial charge in [0.2, 0.25) is 0 Å². The van der Waals surface area contributed by atoms with Crippen LogP contribution in [-0.4, -0.2) is 29.4 Å². The monoisotopic (exact) mass is 328 g/mol. The van der Waals surface area contributed by atoms with Gasteiger partial charge < -0.3 is 10.6 Å². The van der Waals surface area contributed by atoms with Gasteiger partial charge in [-0.15, -0.1) is 0 Å². The van der Waals surface area contributed by atoms with Crippen molar-refractivity contribution in [1.29, 1.82) is 0 Å². The third-order valence-electron chi connectivity index (χ3n) is 2.74.